The van der Waals surface area contributed by atoms with Gasteiger partial charge >= 0.3 is 0 Å². The van der Waals surface area contributed by atoms with Gasteiger partial charge in [0, 0.05) is 31.2 Å². The molecular weight excluding hydrogens is 434 g/mol. The second-order valence-electron chi connectivity index (χ2n) is 7.35. The van der Waals surface area contributed by atoms with E-state index in [4.69, 9.17) is 16.6 Å². The van der Waals surface area contributed by atoms with E-state index in [0.717, 1.165) is 19.6 Å². The Morgan fingerprint density at radius 3 is 2.35 bits per heavy atom. The highest BCUT2D eigenvalue weighted by Crippen LogP contribution is 2.34. The standard InChI is InChI=1S/C22H22ClN5O2S/c1-2-27-10-12-28(13-11-27)22-21(25-18-8-3-4-9-19(18)26-22)20(15-24)31(29,30)17-7-5-6-16(23)14-17/h3-9,14,20H,2,10-13H2,1H3/t20-/m0/s1. The van der Waals surface area contributed by atoms with Gasteiger partial charge in [-0.1, -0.05) is 36.7 Å². The molecule has 0 unspecified atom stereocenters. The first-order valence-electron chi connectivity index (χ1n) is 10.1. The fourth-order valence-electron chi connectivity index (χ4n) is 3.75. The third kappa shape index (κ3) is 4.22. The topological polar surface area (TPSA) is 90.2 Å². The molecule has 0 N–H and O–H groups in total. The van der Waals surface area contributed by atoms with Crippen molar-refractivity contribution in [3.05, 3.63) is 59.2 Å². The first kappa shape index (κ1) is 21.5. The molecule has 0 aliphatic carbocycles. The van der Waals surface area contributed by atoms with Gasteiger partial charge < -0.3 is 9.80 Å². The molecule has 1 aliphatic rings. The third-order valence-electron chi connectivity index (χ3n) is 5.50. The predicted octanol–water partition coefficient (Wildman–Crippen LogP) is 3.46. The number of sulfone groups is 1. The summed E-state index contributed by atoms with van der Waals surface area (Å²) in [5.74, 6) is 0.451. The first-order chi connectivity index (χ1) is 14.9. The number of hydrogen-bond acceptors (Lipinski definition) is 7. The first-order valence-corrected chi connectivity index (χ1v) is 12.0. The molecule has 1 saturated heterocycles. The lowest BCUT2D eigenvalue weighted by molar-refractivity contribution is 0.270. The highest BCUT2D eigenvalue weighted by molar-refractivity contribution is 7.92. The summed E-state index contributed by atoms with van der Waals surface area (Å²) in [4.78, 5) is 13.7. The Morgan fingerprint density at radius 1 is 1.06 bits per heavy atom. The summed E-state index contributed by atoms with van der Waals surface area (Å²) in [6.45, 7) is 6.10. The Kier molecular flexibility index (Phi) is 6.10. The van der Waals surface area contributed by atoms with Crippen molar-refractivity contribution in [1.82, 2.24) is 14.9 Å². The van der Waals surface area contributed by atoms with Crippen LogP contribution in [0.1, 0.15) is 17.9 Å². The number of likely N-dealkylation sites (N-methyl/N-ethyl adjacent to an activating group) is 1. The molecule has 7 nitrogen and oxygen atoms in total. The van der Waals surface area contributed by atoms with E-state index in [-0.39, 0.29) is 10.6 Å². The Hall–Kier alpha value is -2.73. The second-order valence-corrected chi connectivity index (χ2v) is 9.82. The molecule has 0 saturated carbocycles. The molecule has 1 fully saturated rings. The van der Waals surface area contributed by atoms with Crippen molar-refractivity contribution in [1.29, 1.82) is 5.26 Å². The molecule has 1 aromatic heterocycles. The number of nitriles is 1. The number of aromatic nitrogens is 2. The summed E-state index contributed by atoms with van der Waals surface area (Å²) in [7, 11) is -4.06. The van der Waals surface area contributed by atoms with Crippen LogP contribution < -0.4 is 4.90 Å². The van der Waals surface area contributed by atoms with Crippen LogP contribution in [0.25, 0.3) is 11.0 Å². The molecule has 4 rings (SSSR count). The number of halogens is 1. The van der Waals surface area contributed by atoms with Gasteiger partial charge in [0.1, 0.15) is 5.69 Å². The zero-order valence-electron chi connectivity index (χ0n) is 17.1. The molecule has 9 heteroatoms. The molecule has 1 aliphatic heterocycles. The summed E-state index contributed by atoms with van der Waals surface area (Å²) < 4.78 is 26.8. The lowest BCUT2D eigenvalue weighted by Crippen LogP contribution is -2.47. The Labute approximate surface area is 186 Å². The van der Waals surface area contributed by atoms with Gasteiger partial charge in [-0.3, -0.25) is 0 Å². The van der Waals surface area contributed by atoms with Crippen LogP contribution >= 0.6 is 11.6 Å². The summed E-state index contributed by atoms with van der Waals surface area (Å²) >= 11 is 6.02. The van der Waals surface area contributed by atoms with E-state index >= 15 is 0 Å². The monoisotopic (exact) mass is 455 g/mol. The molecule has 0 radical (unpaired) electrons. The molecule has 0 amide bonds. The van der Waals surface area contributed by atoms with E-state index in [1.54, 1.807) is 18.2 Å². The van der Waals surface area contributed by atoms with Crippen LogP contribution in [0, 0.1) is 11.3 Å². The average molecular weight is 456 g/mol. The number of fused-ring (bicyclic) bond motifs is 1. The van der Waals surface area contributed by atoms with Crippen LogP contribution in [0.2, 0.25) is 5.02 Å². The maximum absolute atomic E-state index is 13.4. The largest absolute Gasteiger partial charge is 0.352 e. The zero-order chi connectivity index (χ0) is 22.0. The number of nitrogens with zero attached hydrogens (tertiary/aromatic N) is 5. The van der Waals surface area contributed by atoms with E-state index in [1.165, 1.54) is 12.1 Å². The highest BCUT2D eigenvalue weighted by atomic mass is 35.5. The van der Waals surface area contributed by atoms with Crippen molar-refractivity contribution in [3.8, 4) is 6.07 Å². The average Bonchev–Trinajstić information content (AvgIpc) is 2.79. The molecule has 0 spiro atoms. The minimum Gasteiger partial charge on any atom is -0.352 e. The number of para-hydroxylation sites is 2. The third-order valence-corrected chi connectivity index (χ3v) is 7.59. The van der Waals surface area contributed by atoms with Gasteiger partial charge in [-0.2, -0.15) is 5.26 Å². The molecule has 3 aromatic rings. The van der Waals surface area contributed by atoms with Gasteiger partial charge in [0.25, 0.3) is 0 Å². The van der Waals surface area contributed by atoms with Crippen molar-refractivity contribution in [3.63, 3.8) is 0 Å². The summed E-state index contributed by atoms with van der Waals surface area (Å²) in [5, 5.41) is 8.76. The van der Waals surface area contributed by atoms with Gasteiger partial charge in [0.05, 0.1) is 22.0 Å². The van der Waals surface area contributed by atoms with Gasteiger partial charge in [-0.05, 0) is 36.9 Å². The molecule has 1 atom stereocenters. The summed E-state index contributed by atoms with van der Waals surface area (Å²) in [5.41, 5.74) is 1.37. The van der Waals surface area contributed by atoms with Crippen LogP contribution in [-0.4, -0.2) is 56.0 Å². The molecule has 2 heterocycles. The van der Waals surface area contributed by atoms with Crippen LogP contribution in [0.15, 0.2) is 53.4 Å². The molecular formula is C22H22ClN5O2S. The summed E-state index contributed by atoms with van der Waals surface area (Å²) in [6.07, 6.45) is 0. The Morgan fingerprint density at radius 2 is 1.74 bits per heavy atom. The SMILES string of the molecule is CCN1CCN(c2nc3ccccc3nc2[C@H](C#N)S(=O)(=O)c2cccc(Cl)c2)CC1. The van der Waals surface area contributed by atoms with Crippen molar-refractivity contribution < 1.29 is 8.42 Å². The Bertz CT molecular complexity index is 1250. The number of rotatable bonds is 5. The van der Waals surface area contributed by atoms with Crippen LogP contribution in [0.3, 0.4) is 0 Å². The van der Waals surface area contributed by atoms with E-state index in [9.17, 15) is 13.7 Å². The smallest absolute Gasteiger partial charge is 0.200 e. The fraction of sp³-hybridized carbons (Fsp3) is 0.318. The van der Waals surface area contributed by atoms with Crippen LogP contribution in [0.4, 0.5) is 5.82 Å². The van der Waals surface area contributed by atoms with Crippen molar-refractivity contribution in [2.75, 3.05) is 37.6 Å². The highest BCUT2D eigenvalue weighted by Gasteiger charge is 2.35. The maximum Gasteiger partial charge on any atom is 0.200 e. The minimum atomic E-state index is -4.06. The predicted molar refractivity (Wildman–Crippen MR) is 121 cm³/mol. The van der Waals surface area contributed by atoms with Gasteiger partial charge in [-0.25, -0.2) is 18.4 Å². The van der Waals surface area contributed by atoms with Crippen molar-refractivity contribution in [2.24, 2.45) is 0 Å². The van der Waals surface area contributed by atoms with Crippen molar-refractivity contribution >= 4 is 38.3 Å². The van der Waals surface area contributed by atoms with Crippen LogP contribution in [-0.2, 0) is 9.84 Å². The molecule has 160 valence electrons. The minimum absolute atomic E-state index is 0.0109. The van der Waals surface area contributed by atoms with E-state index in [1.807, 2.05) is 29.2 Å². The summed E-state index contributed by atoms with van der Waals surface area (Å²) in [6, 6.07) is 15.2. The van der Waals surface area contributed by atoms with E-state index in [0.29, 0.717) is 35.0 Å². The zero-order valence-corrected chi connectivity index (χ0v) is 18.6. The number of anilines is 1. The van der Waals surface area contributed by atoms with E-state index in [2.05, 4.69) is 16.8 Å². The lowest BCUT2D eigenvalue weighted by Gasteiger charge is -2.35. The van der Waals surface area contributed by atoms with Gasteiger partial charge in [-0.15, -0.1) is 0 Å². The van der Waals surface area contributed by atoms with Crippen LogP contribution in [0.5, 0.6) is 0 Å². The number of benzene rings is 2. The molecule has 2 aromatic carbocycles. The maximum atomic E-state index is 13.4. The van der Waals surface area contributed by atoms with Crippen molar-refractivity contribution in [2.45, 2.75) is 17.1 Å². The lowest BCUT2D eigenvalue weighted by atomic mass is 10.2. The quantitative estimate of drug-likeness (QED) is 0.581. The van der Waals surface area contributed by atoms with Gasteiger partial charge in [0.15, 0.2) is 11.1 Å². The van der Waals surface area contributed by atoms with E-state index < -0.39 is 15.1 Å². The fourth-order valence-corrected chi connectivity index (χ4v) is 5.42. The Balaban J connectivity index is 1.85. The normalized spacial score (nSPS) is 16.2. The number of hydrogen-bond donors (Lipinski definition) is 0. The second kappa shape index (κ2) is 8.79. The molecule has 31 heavy (non-hydrogen) atoms. The number of piperazine rings is 1. The molecule has 0 bridgehead atoms. The van der Waals surface area contributed by atoms with Gasteiger partial charge in [0.2, 0.25) is 9.84 Å².